The van der Waals surface area contributed by atoms with Gasteiger partial charge in [-0.1, -0.05) is 0 Å². The lowest BCUT2D eigenvalue weighted by atomic mass is 10.2. The molecule has 1 saturated carbocycles. The van der Waals surface area contributed by atoms with Gasteiger partial charge < -0.3 is 15.8 Å². The van der Waals surface area contributed by atoms with Crippen LogP contribution in [0, 0.1) is 0 Å². The molecule has 7 heteroatoms. The average molecular weight is 299 g/mol. The third-order valence-corrected chi connectivity index (χ3v) is 5.14. The van der Waals surface area contributed by atoms with Gasteiger partial charge in [-0.25, -0.2) is 13.1 Å². The van der Waals surface area contributed by atoms with Gasteiger partial charge in [-0.2, -0.15) is 0 Å². The maximum Gasteiger partial charge on any atom is 0.242 e. The maximum absolute atomic E-state index is 11.7. The van der Waals surface area contributed by atoms with Crippen LogP contribution >= 0.6 is 0 Å². The highest BCUT2D eigenvalue weighted by molar-refractivity contribution is 7.89. The Morgan fingerprint density at radius 3 is 2.65 bits per heavy atom. The molecule has 112 valence electrons. The highest BCUT2D eigenvalue weighted by Crippen LogP contribution is 2.27. The zero-order valence-electron chi connectivity index (χ0n) is 11.7. The fourth-order valence-corrected chi connectivity index (χ4v) is 3.35. The molecule has 0 aromatic heterocycles. The summed E-state index contributed by atoms with van der Waals surface area (Å²) in [6.07, 6.45) is 3.33. The molecule has 2 unspecified atom stereocenters. The molecule has 1 aliphatic carbocycles. The molecule has 20 heavy (non-hydrogen) atoms. The van der Waals surface area contributed by atoms with Crippen molar-refractivity contribution >= 4 is 21.4 Å². The Balaban J connectivity index is 2.10. The number of hydrogen-bond acceptors (Lipinski definition) is 5. The van der Waals surface area contributed by atoms with Crippen molar-refractivity contribution in [1.82, 2.24) is 4.72 Å². The first kappa shape index (κ1) is 15.1. The molecule has 0 aliphatic heterocycles. The molecule has 0 bridgehead atoms. The molecule has 1 fully saturated rings. The number of benzene rings is 1. The van der Waals surface area contributed by atoms with Gasteiger partial charge >= 0.3 is 0 Å². The van der Waals surface area contributed by atoms with E-state index in [-0.39, 0.29) is 10.6 Å². The summed E-state index contributed by atoms with van der Waals surface area (Å²) in [5.74, 6) is 0. The Bertz CT molecular complexity index is 574. The molecule has 1 aliphatic rings. The maximum atomic E-state index is 11.7. The van der Waals surface area contributed by atoms with Crippen LogP contribution in [0.5, 0.6) is 0 Å². The summed E-state index contributed by atoms with van der Waals surface area (Å²) in [5, 5.41) is 3.37. The Labute approximate surface area is 119 Å². The largest absolute Gasteiger partial charge is 0.398 e. The Morgan fingerprint density at radius 1 is 1.35 bits per heavy atom. The second kappa shape index (κ2) is 5.99. The normalized spacial score (nSPS) is 22.9. The fraction of sp³-hybridized carbons (Fsp3) is 0.538. The van der Waals surface area contributed by atoms with E-state index in [1.165, 1.54) is 13.1 Å². The highest BCUT2D eigenvalue weighted by atomic mass is 32.2. The predicted molar refractivity (Wildman–Crippen MR) is 79.2 cm³/mol. The molecule has 2 rings (SSSR count). The number of sulfonamides is 1. The third kappa shape index (κ3) is 3.23. The van der Waals surface area contributed by atoms with Crippen molar-refractivity contribution in [3.8, 4) is 0 Å². The first-order valence-electron chi connectivity index (χ1n) is 6.58. The number of nitrogen functional groups attached to an aromatic ring is 1. The summed E-state index contributed by atoms with van der Waals surface area (Å²) in [6, 6.07) is 5.25. The van der Waals surface area contributed by atoms with Gasteiger partial charge in [-0.05, 0) is 44.5 Å². The van der Waals surface area contributed by atoms with Crippen molar-refractivity contribution in [3.63, 3.8) is 0 Å². The molecule has 0 saturated heterocycles. The van der Waals surface area contributed by atoms with E-state index in [9.17, 15) is 8.42 Å². The Hall–Kier alpha value is -1.31. The van der Waals surface area contributed by atoms with Crippen LogP contribution in [0.3, 0.4) is 0 Å². The quantitative estimate of drug-likeness (QED) is 0.709. The van der Waals surface area contributed by atoms with Gasteiger partial charge in [0.15, 0.2) is 0 Å². The smallest absolute Gasteiger partial charge is 0.242 e. The van der Waals surface area contributed by atoms with Crippen molar-refractivity contribution in [1.29, 1.82) is 0 Å². The molecular weight excluding hydrogens is 278 g/mol. The lowest BCUT2D eigenvalue weighted by Crippen LogP contribution is -2.20. The minimum absolute atomic E-state index is 0.103. The number of rotatable bonds is 5. The van der Waals surface area contributed by atoms with E-state index in [2.05, 4.69) is 10.0 Å². The van der Waals surface area contributed by atoms with Crippen molar-refractivity contribution in [2.75, 3.05) is 25.2 Å². The van der Waals surface area contributed by atoms with Crippen LogP contribution in [0.4, 0.5) is 11.4 Å². The fourth-order valence-electron chi connectivity index (χ4n) is 2.51. The molecule has 0 heterocycles. The molecule has 0 spiro atoms. The van der Waals surface area contributed by atoms with Gasteiger partial charge in [0, 0.05) is 18.8 Å². The summed E-state index contributed by atoms with van der Waals surface area (Å²) >= 11 is 0. The second-order valence-corrected chi connectivity index (χ2v) is 6.83. The summed E-state index contributed by atoms with van der Waals surface area (Å²) in [4.78, 5) is 0.103. The topological polar surface area (TPSA) is 93.5 Å². The highest BCUT2D eigenvalue weighted by Gasteiger charge is 2.24. The zero-order chi connectivity index (χ0) is 14.8. The monoisotopic (exact) mass is 299 g/mol. The number of methoxy groups -OCH3 is 1. The van der Waals surface area contributed by atoms with E-state index < -0.39 is 10.0 Å². The van der Waals surface area contributed by atoms with Crippen LogP contribution in [-0.4, -0.2) is 34.7 Å². The standard InChI is InChI=1S/C13H21N3O3S/c1-15-20(17,18)13-6-4-10(8-12(13)14)16-9-3-5-11(7-9)19-2/h4,6,8-9,11,15-16H,3,5,7,14H2,1-2H3. The van der Waals surface area contributed by atoms with E-state index in [0.29, 0.717) is 12.1 Å². The minimum Gasteiger partial charge on any atom is -0.398 e. The molecule has 0 amide bonds. The number of ether oxygens (including phenoxy) is 1. The summed E-state index contributed by atoms with van der Waals surface area (Å²) in [7, 11) is -0.418. The van der Waals surface area contributed by atoms with Gasteiger partial charge in [-0.3, -0.25) is 0 Å². The van der Waals surface area contributed by atoms with Crippen LogP contribution in [0.2, 0.25) is 0 Å². The van der Waals surface area contributed by atoms with Gasteiger partial charge in [0.25, 0.3) is 0 Å². The first-order chi connectivity index (χ1) is 9.46. The van der Waals surface area contributed by atoms with E-state index in [0.717, 1.165) is 24.9 Å². The molecule has 1 aromatic rings. The van der Waals surface area contributed by atoms with Gasteiger partial charge in [0.2, 0.25) is 10.0 Å². The van der Waals surface area contributed by atoms with Crippen LogP contribution in [0.25, 0.3) is 0 Å². The van der Waals surface area contributed by atoms with Crippen molar-refractivity contribution in [2.24, 2.45) is 0 Å². The number of hydrogen-bond donors (Lipinski definition) is 3. The Kier molecular flexibility index (Phi) is 4.52. The van der Waals surface area contributed by atoms with Gasteiger partial charge in [0.1, 0.15) is 4.90 Å². The summed E-state index contributed by atoms with van der Waals surface area (Å²) in [5.41, 5.74) is 6.90. The van der Waals surface area contributed by atoms with Gasteiger partial charge in [-0.15, -0.1) is 0 Å². The average Bonchev–Trinajstić information content (AvgIpc) is 2.86. The van der Waals surface area contributed by atoms with Crippen molar-refractivity contribution in [3.05, 3.63) is 18.2 Å². The molecule has 1 aromatic carbocycles. The van der Waals surface area contributed by atoms with Crippen LogP contribution in [-0.2, 0) is 14.8 Å². The lowest BCUT2D eigenvalue weighted by Gasteiger charge is -2.16. The van der Waals surface area contributed by atoms with E-state index >= 15 is 0 Å². The van der Waals surface area contributed by atoms with Crippen LogP contribution in [0.15, 0.2) is 23.1 Å². The Morgan fingerprint density at radius 2 is 2.10 bits per heavy atom. The molecule has 6 nitrogen and oxygen atoms in total. The van der Waals surface area contributed by atoms with Crippen LogP contribution in [0.1, 0.15) is 19.3 Å². The third-order valence-electron chi connectivity index (χ3n) is 3.66. The number of nitrogens with one attached hydrogen (secondary N) is 2. The number of nitrogens with two attached hydrogens (primary N) is 1. The summed E-state index contributed by atoms with van der Waals surface area (Å²) < 4.78 is 31.1. The first-order valence-corrected chi connectivity index (χ1v) is 8.07. The van der Waals surface area contributed by atoms with Crippen LogP contribution < -0.4 is 15.8 Å². The number of anilines is 2. The molecule has 4 N–H and O–H groups in total. The lowest BCUT2D eigenvalue weighted by molar-refractivity contribution is 0.108. The predicted octanol–water partition coefficient (Wildman–Crippen LogP) is 1.16. The second-order valence-electron chi connectivity index (χ2n) is 4.97. The minimum atomic E-state index is -3.51. The van der Waals surface area contributed by atoms with Crippen molar-refractivity contribution < 1.29 is 13.2 Å². The van der Waals surface area contributed by atoms with Crippen molar-refractivity contribution in [2.45, 2.75) is 36.3 Å². The zero-order valence-corrected chi connectivity index (χ0v) is 12.5. The molecular formula is C13H21N3O3S. The van der Waals surface area contributed by atoms with E-state index in [1.54, 1.807) is 19.2 Å². The van der Waals surface area contributed by atoms with E-state index in [4.69, 9.17) is 10.5 Å². The molecule has 0 radical (unpaired) electrons. The molecule has 2 atom stereocenters. The summed E-state index contributed by atoms with van der Waals surface area (Å²) in [6.45, 7) is 0. The van der Waals surface area contributed by atoms with E-state index in [1.807, 2.05) is 0 Å². The SMILES string of the molecule is CNS(=O)(=O)c1ccc(NC2CCC(OC)C2)cc1N. The van der Waals surface area contributed by atoms with Gasteiger partial charge in [0.05, 0.1) is 11.8 Å².